The van der Waals surface area contributed by atoms with Crippen LogP contribution in [0.1, 0.15) is 103 Å². The molecule has 49 heavy (non-hydrogen) atoms. The molecule has 1 unspecified atom stereocenters. The van der Waals surface area contributed by atoms with Gasteiger partial charge in [0.15, 0.2) is 5.84 Å². The average Bonchev–Trinajstić information content (AvgIpc) is 3.57. The van der Waals surface area contributed by atoms with E-state index in [1.54, 1.807) is 12.1 Å². The highest BCUT2D eigenvalue weighted by atomic mass is 32.2. The highest BCUT2D eigenvalue weighted by Crippen LogP contribution is 2.42. The Bertz CT molecular complexity index is 1810. The minimum Gasteiger partial charge on any atom is -0.484 e. The van der Waals surface area contributed by atoms with E-state index in [1.807, 2.05) is 51.1 Å². The highest BCUT2D eigenvalue weighted by Gasteiger charge is 2.51. The topological polar surface area (TPSA) is 127 Å². The number of rotatable bonds is 8. The third-order valence-electron chi connectivity index (χ3n) is 10.1. The third kappa shape index (κ3) is 7.17. The Balaban J connectivity index is 1.18. The first-order valence-corrected chi connectivity index (χ1v) is 19.1. The smallest absolute Gasteiger partial charge is 0.319 e. The number of amides is 2. The maximum atomic E-state index is 13.4. The molecule has 0 spiro atoms. The monoisotopic (exact) mass is 689 g/mol. The molecule has 4 aliphatic rings. The number of hydrogen-bond donors (Lipinski definition) is 4. The van der Waals surface area contributed by atoms with Crippen molar-refractivity contribution in [2.24, 2.45) is 5.10 Å². The highest BCUT2D eigenvalue weighted by molar-refractivity contribution is 7.92. The number of amidine groups is 1. The molecule has 4 atom stereocenters. The standard InChI is InChI=1S/C37H51N7O4S/c1-24(2)43-19-11-17-36(43,6)33-40-42-37(7)18-16-28(23-44(33)37)48-32-15-14-31(29-12-9-10-13-30(29)32)39-34(45)38-26-20-25(35(3,4)5)21-27(22-26)41-49(8,46)47/h9-10,12-13,16,18,20-24,31-32,41-42H,11,14-15,17,19H2,1-8H3,(H2,38,39,45)/t31-,32+,36-,37?/m0/s1. The van der Waals surface area contributed by atoms with Gasteiger partial charge in [-0.05, 0) is 112 Å². The zero-order valence-electron chi connectivity index (χ0n) is 29.9. The molecule has 0 saturated carbocycles. The van der Waals surface area contributed by atoms with Crippen molar-refractivity contribution in [3.63, 3.8) is 0 Å². The molecule has 264 valence electrons. The second-order valence-corrected chi connectivity index (χ2v) is 17.2. The summed E-state index contributed by atoms with van der Waals surface area (Å²) in [5, 5.41) is 11.0. The number of anilines is 2. The zero-order chi connectivity index (χ0) is 35.4. The molecule has 12 heteroatoms. The van der Waals surface area contributed by atoms with Crippen LogP contribution in [0.3, 0.4) is 0 Å². The number of sulfonamides is 1. The molecule has 1 aliphatic carbocycles. The lowest BCUT2D eigenvalue weighted by Gasteiger charge is -2.43. The van der Waals surface area contributed by atoms with Crippen molar-refractivity contribution in [3.05, 3.63) is 83.3 Å². The quantitative estimate of drug-likeness (QED) is 0.244. The first-order valence-electron chi connectivity index (χ1n) is 17.2. The first-order chi connectivity index (χ1) is 22.9. The predicted molar refractivity (Wildman–Crippen MR) is 196 cm³/mol. The van der Waals surface area contributed by atoms with Gasteiger partial charge in [0.1, 0.15) is 17.5 Å². The molecule has 4 N–H and O–H groups in total. The lowest BCUT2D eigenvalue weighted by atomic mass is 9.85. The average molecular weight is 690 g/mol. The van der Waals surface area contributed by atoms with Gasteiger partial charge < -0.3 is 20.3 Å². The van der Waals surface area contributed by atoms with E-state index in [2.05, 4.69) is 76.6 Å². The van der Waals surface area contributed by atoms with E-state index >= 15 is 0 Å². The molecule has 6 rings (SSSR count). The molecule has 2 amide bonds. The third-order valence-corrected chi connectivity index (χ3v) is 10.7. The zero-order valence-corrected chi connectivity index (χ0v) is 30.7. The Hall–Kier alpha value is -4.03. The van der Waals surface area contributed by atoms with Gasteiger partial charge in [0.05, 0.1) is 29.7 Å². The van der Waals surface area contributed by atoms with Crippen LogP contribution in [0, 0.1) is 0 Å². The van der Waals surface area contributed by atoms with Gasteiger partial charge in [-0.25, -0.2) is 13.2 Å². The van der Waals surface area contributed by atoms with Crippen LogP contribution in [0.2, 0.25) is 0 Å². The largest absolute Gasteiger partial charge is 0.484 e. The number of carbonyl (C=O) groups is 1. The summed E-state index contributed by atoms with van der Waals surface area (Å²) in [5.41, 5.74) is 6.33. The summed E-state index contributed by atoms with van der Waals surface area (Å²) >= 11 is 0. The molecule has 3 heterocycles. The van der Waals surface area contributed by atoms with Gasteiger partial charge in [-0.1, -0.05) is 45.0 Å². The molecule has 2 aromatic rings. The number of nitrogens with one attached hydrogen (secondary N) is 4. The Morgan fingerprint density at radius 1 is 1.08 bits per heavy atom. The fourth-order valence-electron chi connectivity index (χ4n) is 7.64. The maximum absolute atomic E-state index is 13.4. The summed E-state index contributed by atoms with van der Waals surface area (Å²) in [6, 6.07) is 13.2. The lowest BCUT2D eigenvalue weighted by molar-refractivity contribution is 0.0946. The molecule has 3 aliphatic heterocycles. The van der Waals surface area contributed by atoms with Crippen molar-refractivity contribution >= 4 is 33.3 Å². The van der Waals surface area contributed by atoms with Gasteiger partial charge in [-0.3, -0.25) is 15.0 Å². The molecule has 0 radical (unpaired) electrons. The summed E-state index contributed by atoms with van der Waals surface area (Å²) in [7, 11) is -3.49. The number of hydrogen-bond acceptors (Lipinski definition) is 8. The Labute approximate surface area is 291 Å². The van der Waals surface area contributed by atoms with Crippen molar-refractivity contribution in [1.82, 2.24) is 20.5 Å². The van der Waals surface area contributed by atoms with Crippen molar-refractivity contribution in [3.8, 4) is 0 Å². The SMILES string of the molecule is CC(C)N1CCC[C@@]1(C)C1=NNC2(C)C=CC(O[C@@H]3CC[C@H](NC(=O)Nc4cc(NS(C)(=O)=O)cc(C(C)(C)C)c4)c4ccccc43)=CN12. The minimum atomic E-state index is -3.49. The number of ether oxygens (including phenoxy) is 1. The van der Waals surface area contributed by atoms with Gasteiger partial charge in [-0.2, -0.15) is 5.10 Å². The van der Waals surface area contributed by atoms with Crippen LogP contribution in [-0.4, -0.2) is 60.1 Å². The van der Waals surface area contributed by atoms with E-state index in [1.165, 1.54) is 0 Å². The molecular formula is C37H51N7O4S. The molecule has 1 saturated heterocycles. The number of benzene rings is 2. The first kappa shape index (κ1) is 34.8. The number of hydrazone groups is 1. The number of fused-ring (bicyclic) bond motifs is 2. The van der Waals surface area contributed by atoms with E-state index in [-0.39, 0.29) is 29.1 Å². The summed E-state index contributed by atoms with van der Waals surface area (Å²) < 4.78 is 33.2. The van der Waals surface area contributed by atoms with E-state index in [0.29, 0.717) is 30.3 Å². The van der Waals surface area contributed by atoms with Crippen molar-refractivity contribution in [2.45, 2.75) is 109 Å². The molecule has 1 fully saturated rings. The molecular weight excluding hydrogens is 639 g/mol. The van der Waals surface area contributed by atoms with Crippen molar-refractivity contribution < 1.29 is 17.9 Å². The van der Waals surface area contributed by atoms with Crippen molar-refractivity contribution in [1.29, 1.82) is 0 Å². The fourth-order valence-corrected chi connectivity index (χ4v) is 8.19. The Morgan fingerprint density at radius 2 is 1.80 bits per heavy atom. The molecule has 2 aromatic carbocycles. The molecule has 0 bridgehead atoms. The van der Waals surface area contributed by atoms with Crippen LogP contribution in [0.15, 0.2) is 71.7 Å². The predicted octanol–water partition coefficient (Wildman–Crippen LogP) is 6.68. The normalized spacial score (nSPS) is 26.8. The van der Waals surface area contributed by atoms with E-state index in [4.69, 9.17) is 9.84 Å². The van der Waals surface area contributed by atoms with Crippen LogP contribution < -0.4 is 20.8 Å². The maximum Gasteiger partial charge on any atom is 0.319 e. The van der Waals surface area contributed by atoms with Crippen LogP contribution >= 0.6 is 0 Å². The summed E-state index contributed by atoms with van der Waals surface area (Å²) in [5.74, 6) is 1.78. The van der Waals surface area contributed by atoms with E-state index < -0.39 is 15.7 Å². The van der Waals surface area contributed by atoms with Crippen LogP contribution in [0.5, 0.6) is 0 Å². The minimum absolute atomic E-state index is 0.178. The van der Waals surface area contributed by atoms with Crippen molar-refractivity contribution in [2.75, 3.05) is 22.8 Å². The van der Waals surface area contributed by atoms with Crippen LogP contribution in [0.25, 0.3) is 0 Å². The van der Waals surface area contributed by atoms with Gasteiger partial charge in [0.25, 0.3) is 0 Å². The Kier molecular flexibility index (Phi) is 9.02. The summed E-state index contributed by atoms with van der Waals surface area (Å²) in [6.07, 6.45) is 10.7. The number of allylic oxidation sites excluding steroid dienone is 1. The lowest BCUT2D eigenvalue weighted by Crippen LogP contribution is -2.58. The van der Waals surface area contributed by atoms with E-state index in [9.17, 15) is 13.2 Å². The van der Waals surface area contributed by atoms with Crippen LogP contribution in [-0.2, 0) is 20.2 Å². The number of nitrogens with zero attached hydrogens (tertiary/aromatic N) is 3. The van der Waals surface area contributed by atoms with Gasteiger partial charge in [-0.15, -0.1) is 0 Å². The van der Waals surface area contributed by atoms with Gasteiger partial charge in [0.2, 0.25) is 10.0 Å². The summed E-state index contributed by atoms with van der Waals surface area (Å²) in [6.45, 7) is 16.1. The summed E-state index contributed by atoms with van der Waals surface area (Å²) in [4.78, 5) is 18.2. The van der Waals surface area contributed by atoms with Gasteiger partial charge in [0, 0.05) is 11.7 Å². The van der Waals surface area contributed by atoms with Crippen LogP contribution in [0.4, 0.5) is 16.2 Å². The second kappa shape index (κ2) is 12.7. The fraction of sp³-hybridized carbons (Fsp3) is 0.514. The molecule has 0 aromatic heterocycles. The number of urea groups is 1. The number of carbonyl (C=O) groups excluding carboxylic acids is 1. The van der Waals surface area contributed by atoms with E-state index in [0.717, 1.165) is 53.9 Å². The van der Waals surface area contributed by atoms with Gasteiger partial charge >= 0.3 is 6.03 Å². The number of likely N-dealkylation sites (tertiary alicyclic amines) is 1. The Morgan fingerprint density at radius 3 is 2.49 bits per heavy atom. The molecule has 11 nitrogen and oxygen atoms in total. The second-order valence-electron chi connectivity index (χ2n) is 15.5.